The summed E-state index contributed by atoms with van der Waals surface area (Å²) in [4.78, 5) is 13.0. The maximum absolute atomic E-state index is 13.0. The lowest BCUT2D eigenvalue weighted by molar-refractivity contribution is -0.119. The van der Waals surface area contributed by atoms with Crippen LogP contribution in [0.3, 0.4) is 0 Å². The minimum Gasteiger partial charge on any atom is -0.494 e. The summed E-state index contributed by atoms with van der Waals surface area (Å²) in [5.41, 5.74) is 0.209. The van der Waals surface area contributed by atoms with Gasteiger partial charge in [0, 0.05) is 31.8 Å². The second-order valence-corrected chi connectivity index (χ2v) is 9.19. The van der Waals surface area contributed by atoms with Gasteiger partial charge in [-0.15, -0.1) is 0 Å². The van der Waals surface area contributed by atoms with E-state index >= 15 is 0 Å². The molecule has 0 aliphatic carbocycles. The third-order valence-electron chi connectivity index (χ3n) is 4.90. The van der Waals surface area contributed by atoms with Crippen molar-refractivity contribution in [2.75, 3.05) is 5.32 Å². The van der Waals surface area contributed by atoms with Crippen molar-refractivity contribution in [2.45, 2.75) is 52.2 Å². The third kappa shape index (κ3) is 6.37. The Bertz CT molecular complexity index is 1040. The summed E-state index contributed by atoms with van der Waals surface area (Å²) in [6.45, 7) is 7.57. The van der Waals surface area contributed by atoms with Crippen LogP contribution in [0, 0.1) is 5.92 Å². The summed E-state index contributed by atoms with van der Waals surface area (Å²) in [5.74, 6) is 1.40. The number of nitrogens with one attached hydrogen (secondary N) is 1. The molecule has 0 aliphatic heterocycles. The van der Waals surface area contributed by atoms with Crippen molar-refractivity contribution in [3.63, 3.8) is 0 Å². The monoisotopic (exact) mass is 440 g/mol. The van der Waals surface area contributed by atoms with Gasteiger partial charge in [-0.1, -0.05) is 26.0 Å². The van der Waals surface area contributed by atoms with Gasteiger partial charge in [0.2, 0.25) is 5.91 Å². The highest BCUT2D eigenvalue weighted by Gasteiger charge is 2.25. The van der Waals surface area contributed by atoms with Crippen molar-refractivity contribution in [1.82, 2.24) is 14.3 Å². The third-order valence-corrected chi connectivity index (χ3v) is 4.90. The van der Waals surface area contributed by atoms with Gasteiger partial charge in [-0.25, -0.2) is 0 Å². The lowest BCUT2D eigenvalue weighted by Crippen LogP contribution is -2.27. The highest BCUT2D eigenvalue weighted by Crippen LogP contribution is 2.32. The summed E-state index contributed by atoms with van der Waals surface area (Å²) >= 11 is 0. The molecule has 2 aromatic heterocycles. The maximum Gasteiger partial charge on any atom is 0.248 e. The van der Waals surface area contributed by atoms with E-state index in [1.165, 1.54) is 10.6 Å². The highest BCUT2D eigenvalue weighted by atomic mass is 16.5. The lowest BCUT2D eigenvalue weighted by atomic mass is 9.99. The van der Waals surface area contributed by atoms with E-state index in [1.54, 1.807) is 44.0 Å². The number of rotatable bonds is 9. The topological polar surface area (TPSA) is 102 Å². The Morgan fingerprint density at radius 3 is 2.44 bits per heavy atom. The van der Waals surface area contributed by atoms with Crippen LogP contribution in [-0.2, 0) is 18.3 Å². The highest BCUT2D eigenvalue weighted by molar-refractivity contribution is 5.93. The molecule has 0 spiro atoms. The van der Waals surface area contributed by atoms with Crippen molar-refractivity contribution in [2.24, 2.45) is 13.0 Å². The molecular weight excluding hydrogens is 408 g/mol. The molecule has 0 aliphatic rings. The van der Waals surface area contributed by atoms with E-state index < -0.39 is 11.6 Å². The number of aromatic nitrogens is 3. The Morgan fingerprint density at radius 2 is 1.88 bits per heavy atom. The average molecular weight is 441 g/mol. The van der Waals surface area contributed by atoms with Gasteiger partial charge >= 0.3 is 0 Å². The molecule has 8 heteroatoms. The molecule has 0 fully saturated rings. The van der Waals surface area contributed by atoms with Gasteiger partial charge in [0.25, 0.3) is 0 Å². The van der Waals surface area contributed by atoms with Crippen LogP contribution < -0.4 is 10.1 Å². The molecule has 3 N–H and O–H groups in total. The van der Waals surface area contributed by atoms with Crippen LogP contribution in [0.25, 0.3) is 0 Å². The minimum absolute atomic E-state index is 0.0551. The van der Waals surface area contributed by atoms with Gasteiger partial charge in [-0.2, -0.15) is 5.10 Å². The predicted molar refractivity (Wildman–Crippen MR) is 123 cm³/mol. The van der Waals surface area contributed by atoms with E-state index in [0.29, 0.717) is 30.2 Å². The largest absolute Gasteiger partial charge is 0.494 e. The SMILES string of the molecule is CC(C)C[C@@H](C(=O)Nc1ccn(C)n1)n1cc(Oc2ccc(CC(C)(C)O)cc2)cc1O. The number of hydrogen-bond donors (Lipinski definition) is 3. The van der Waals surface area contributed by atoms with Gasteiger partial charge in [0.15, 0.2) is 11.7 Å². The molecule has 1 atom stereocenters. The molecule has 0 bridgehead atoms. The first kappa shape index (κ1) is 23.4. The van der Waals surface area contributed by atoms with Gasteiger partial charge < -0.3 is 24.8 Å². The first-order valence-electron chi connectivity index (χ1n) is 10.7. The number of aromatic hydroxyl groups is 1. The Balaban J connectivity index is 1.76. The van der Waals surface area contributed by atoms with Crippen molar-refractivity contribution >= 4 is 11.7 Å². The number of hydrogen-bond acceptors (Lipinski definition) is 5. The fraction of sp³-hybridized carbons (Fsp3) is 0.417. The number of benzene rings is 1. The molecule has 172 valence electrons. The van der Waals surface area contributed by atoms with Crippen molar-refractivity contribution < 1.29 is 19.7 Å². The number of amides is 1. The standard InChI is InChI=1S/C24H32N4O4/c1-16(2)12-20(23(30)25-21-10-11-27(5)26-21)28-15-19(13-22(28)29)32-18-8-6-17(7-9-18)14-24(3,4)31/h6-11,13,15-16,20,29,31H,12,14H2,1-5H3,(H,25,26,30)/t20-/m0/s1. The zero-order chi connectivity index (χ0) is 23.5. The molecule has 0 unspecified atom stereocenters. The zero-order valence-corrected chi connectivity index (χ0v) is 19.2. The number of aliphatic hydroxyl groups is 1. The summed E-state index contributed by atoms with van der Waals surface area (Å²) in [7, 11) is 1.78. The zero-order valence-electron chi connectivity index (χ0n) is 19.2. The van der Waals surface area contributed by atoms with Crippen LogP contribution in [-0.4, -0.2) is 36.1 Å². The molecule has 3 aromatic rings. The second kappa shape index (κ2) is 9.48. The van der Waals surface area contributed by atoms with Gasteiger partial charge in [0.05, 0.1) is 11.8 Å². The van der Waals surface area contributed by atoms with E-state index in [4.69, 9.17) is 4.74 Å². The van der Waals surface area contributed by atoms with Crippen LogP contribution in [0.5, 0.6) is 17.4 Å². The molecule has 1 aromatic carbocycles. The molecule has 1 amide bonds. The van der Waals surface area contributed by atoms with E-state index in [9.17, 15) is 15.0 Å². The Morgan fingerprint density at radius 1 is 1.19 bits per heavy atom. The molecule has 0 saturated carbocycles. The maximum atomic E-state index is 13.0. The van der Waals surface area contributed by atoms with E-state index in [-0.39, 0.29) is 17.7 Å². The summed E-state index contributed by atoms with van der Waals surface area (Å²) in [6.07, 6.45) is 4.45. The number of ether oxygens (including phenoxy) is 1. The first-order chi connectivity index (χ1) is 15.0. The van der Waals surface area contributed by atoms with E-state index in [2.05, 4.69) is 10.4 Å². The van der Waals surface area contributed by atoms with Crippen LogP contribution >= 0.6 is 0 Å². The number of aryl methyl sites for hydroxylation is 1. The van der Waals surface area contributed by atoms with E-state index in [1.807, 2.05) is 38.1 Å². The molecule has 8 nitrogen and oxygen atoms in total. The van der Waals surface area contributed by atoms with Crippen molar-refractivity contribution in [1.29, 1.82) is 0 Å². The Kier molecular flexibility index (Phi) is 6.93. The predicted octanol–water partition coefficient (Wildman–Crippen LogP) is 4.26. The van der Waals surface area contributed by atoms with Crippen molar-refractivity contribution in [3.05, 3.63) is 54.4 Å². The number of nitrogens with zero attached hydrogens (tertiary/aromatic N) is 3. The summed E-state index contributed by atoms with van der Waals surface area (Å²) in [5, 5.41) is 27.5. The van der Waals surface area contributed by atoms with Crippen LogP contribution in [0.2, 0.25) is 0 Å². The van der Waals surface area contributed by atoms with Crippen LogP contribution in [0.4, 0.5) is 5.82 Å². The fourth-order valence-corrected chi connectivity index (χ4v) is 3.54. The molecule has 2 heterocycles. The molecule has 3 rings (SSSR count). The lowest BCUT2D eigenvalue weighted by Gasteiger charge is -2.20. The first-order valence-corrected chi connectivity index (χ1v) is 10.7. The number of carbonyl (C=O) groups excluding carboxylic acids is 1. The van der Waals surface area contributed by atoms with Gasteiger partial charge in [0.1, 0.15) is 17.5 Å². The van der Waals surface area contributed by atoms with Crippen molar-refractivity contribution in [3.8, 4) is 17.4 Å². The van der Waals surface area contributed by atoms with Gasteiger partial charge in [-0.05, 0) is 43.9 Å². The van der Waals surface area contributed by atoms with Crippen LogP contribution in [0.1, 0.15) is 45.7 Å². The smallest absolute Gasteiger partial charge is 0.248 e. The molecule has 0 radical (unpaired) electrons. The normalized spacial score (nSPS) is 12.7. The summed E-state index contributed by atoms with van der Waals surface area (Å²) in [6, 6.07) is 10.0. The number of anilines is 1. The molecule has 0 saturated heterocycles. The Labute approximate surface area is 188 Å². The second-order valence-electron chi connectivity index (χ2n) is 9.19. The van der Waals surface area contributed by atoms with Crippen LogP contribution in [0.15, 0.2) is 48.8 Å². The van der Waals surface area contributed by atoms with Gasteiger partial charge in [-0.3, -0.25) is 9.48 Å². The molecule has 32 heavy (non-hydrogen) atoms. The minimum atomic E-state index is -0.785. The van der Waals surface area contributed by atoms with E-state index in [0.717, 1.165) is 5.56 Å². The Hall–Kier alpha value is -3.26. The quantitative estimate of drug-likeness (QED) is 0.462. The fourth-order valence-electron chi connectivity index (χ4n) is 3.54. The number of carbonyl (C=O) groups is 1. The average Bonchev–Trinajstić information content (AvgIpc) is 3.25. The summed E-state index contributed by atoms with van der Waals surface area (Å²) < 4.78 is 9.02. The molecular formula is C24H32N4O4.